The Kier molecular flexibility index (Phi) is 1.65. The van der Waals surface area contributed by atoms with Crippen LogP contribution in [0.15, 0.2) is 18.3 Å². The average molecular weight is 177 g/mol. The van der Waals surface area contributed by atoms with Gasteiger partial charge in [-0.3, -0.25) is 4.79 Å². The average Bonchev–Trinajstić information content (AvgIpc) is 2.56. The number of benzene rings is 1. The summed E-state index contributed by atoms with van der Waals surface area (Å²) in [4.78, 5) is 13.4. The fourth-order valence-electron chi connectivity index (χ4n) is 1.46. The molecule has 0 aliphatic carbocycles. The zero-order chi connectivity index (χ0) is 9.42. The smallest absolute Gasteiger partial charge is 0.152 e. The van der Waals surface area contributed by atoms with Crippen molar-refractivity contribution >= 4 is 17.2 Å². The van der Waals surface area contributed by atoms with E-state index < -0.39 is 0 Å². The van der Waals surface area contributed by atoms with Gasteiger partial charge in [0, 0.05) is 17.1 Å². The Labute approximate surface area is 74.4 Å². The van der Waals surface area contributed by atoms with Crippen LogP contribution in [-0.2, 0) is 0 Å². The van der Waals surface area contributed by atoms with E-state index in [0.717, 1.165) is 5.56 Å². The van der Waals surface area contributed by atoms with Gasteiger partial charge in [0.25, 0.3) is 0 Å². The first-order chi connectivity index (χ1) is 6.24. The Morgan fingerprint density at radius 2 is 2.23 bits per heavy atom. The van der Waals surface area contributed by atoms with Gasteiger partial charge in [0.1, 0.15) is 5.82 Å². The molecule has 66 valence electrons. The minimum atomic E-state index is -0.357. The Morgan fingerprint density at radius 3 is 2.92 bits per heavy atom. The van der Waals surface area contributed by atoms with Crippen molar-refractivity contribution in [1.29, 1.82) is 0 Å². The highest BCUT2D eigenvalue weighted by molar-refractivity contribution is 5.98. The van der Waals surface area contributed by atoms with E-state index in [9.17, 15) is 9.18 Å². The van der Waals surface area contributed by atoms with E-state index in [1.54, 1.807) is 6.07 Å². The molecule has 0 amide bonds. The van der Waals surface area contributed by atoms with Gasteiger partial charge in [-0.15, -0.1) is 0 Å². The molecule has 1 aromatic heterocycles. The van der Waals surface area contributed by atoms with Crippen molar-refractivity contribution in [3.8, 4) is 0 Å². The number of halogens is 1. The van der Waals surface area contributed by atoms with Crippen LogP contribution in [0.4, 0.5) is 4.39 Å². The predicted octanol–water partition coefficient (Wildman–Crippen LogP) is 2.43. The van der Waals surface area contributed by atoms with Gasteiger partial charge >= 0.3 is 0 Å². The molecular weight excluding hydrogens is 169 g/mol. The third-order valence-electron chi connectivity index (χ3n) is 2.15. The number of hydrogen-bond donors (Lipinski definition) is 1. The van der Waals surface area contributed by atoms with E-state index in [1.807, 2.05) is 6.92 Å². The topological polar surface area (TPSA) is 32.9 Å². The minimum Gasteiger partial charge on any atom is -0.360 e. The summed E-state index contributed by atoms with van der Waals surface area (Å²) in [5, 5.41) is 0.384. The van der Waals surface area contributed by atoms with Crippen LogP contribution in [0, 0.1) is 12.7 Å². The van der Waals surface area contributed by atoms with Crippen molar-refractivity contribution in [2.45, 2.75) is 6.92 Å². The van der Waals surface area contributed by atoms with Crippen molar-refractivity contribution in [1.82, 2.24) is 4.98 Å². The second-order valence-corrected chi connectivity index (χ2v) is 2.98. The van der Waals surface area contributed by atoms with Gasteiger partial charge in [-0.25, -0.2) is 4.39 Å². The first-order valence-corrected chi connectivity index (χ1v) is 3.95. The van der Waals surface area contributed by atoms with Crippen LogP contribution in [-0.4, -0.2) is 11.3 Å². The molecule has 13 heavy (non-hydrogen) atoms. The molecule has 0 aliphatic rings. The molecule has 1 N–H and O–H groups in total. The van der Waals surface area contributed by atoms with Crippen molar-refractivity contribution < 1.29 is 9.18 Å². The summed E-state index contributed by atoms with van der Waals surface area (Å²) in [7, 11) is 0. The molecule has 0 spiro atoms. The molecular formula is C10H8FNO. The molecule has 2 nitrogen and oxygen atoms in total. The number of rotatable bonds is 1. The van der Waals surface area contributed by atoms with Crippen molar-refractivity contribution in [2.24, 2.45) is 0 Å². The maximum Gasteiger partial charge on any atom is 0.152 e. The maximum atomic E-state index is 13.3. The Balaban J connectivity index is 2.95. The van der Waals surface area contributed by atoms with Gasteiger partial charge in [0.15, 0.2) is 6.29 Å². The molecule has 1 aromatic carbocycles. The van der Waals surface area contributed by atoms with E-state index in [1.165, 1.54) is 12.3 Å². The lowest BCUT2D eigenvalue weighted by Crippen LogP contribution is -1.83. The normalized spacial score (nSPS) is 10.6. The largest absolute Gasteiger partial charge is 0.360 e. The molecule has 0 fully saturated rings. The van der Waals surface area contributed by atoms with Crippen LogP contribution in [0.2, 0.25) is 0 Å². The summed E-state index contributed by atoms with van der Waals surface area (Å²) in [6.45, 7) is 1.87. The third kappa shape index (κ3) is 1.04. The Morgan fingerprint density at radius 1 is 1.46 bits per heavy atom. The number of carbonyl (C=O) groups is 1. The number of aromatic nitrogens is 1. The van der Waals surface area contributed by atoms with Crippen LogP contribution in [0.5, 0.6) is 0 Å². The van der Waals surface area contributed by atoms with Crippen LogP contribution in [0.1, 0.15) is 15.9 Å². The van der Waals surface area contributed by atoms with E-state index in [2.05, 4.69) is 4.98 Å². The van der Waals surface area contributed by atoms with Crippen molar-refractivity contribution in [3.05, 3.63) is 35.3 Å². The third-order valence-corrected chi connectivity index (χ3v) is 2.15. The predicted molar refractivity (Wildman–Crippen MR) is 48.4 cm³/mol. The van der Waals surface area contributed by atoms with Gasteiger partial charge in [0.2, 0.25) is 0 Å². The van der Waals surface area contributed by atoms with Crippen LogP contribution < -0.4 is 0 Å². The number of aldehydes is 1. The standard InChI is InChI=1S/C10H8FNO/c1-6-2-3-8(11)9-7(5-13)4-12-10(6)9/h2-5,12H,1H3. The second-order valence-electron chi connectivity index (χ2n) is 2.98. The maximum absolute atomic E-state index is 13.3. The first kappa shape index (κ1) is 7.98. The van der Waals surface area contributed by atoms with Gasteiger partial charge in [-0.2, -0.15) is 0 Å². The zero-order valence-corrected chi connectivity index (χ0v) is 7.10. The molecule has 0 saturated carbocycles. The van der Waals surface area contributed by atoms with Crippen LogP contribution >= 0.6 is 0 Å². The first-order valence-electron chi connectivity index (χ1n) is 3.95. The van der Waals surface area contributed by atoms with Crippen molar-refractivity contribution in [3.63, 3.8) is 0 Å². The summed E-state index contributed by atoms with van der Waals surface area (Å²) in [6.07, 6.45) is 2.18. The lowest BCUT2D eigenvalue weighted by atomic mass is 10.1. The quantitative estimate of drug-likeness (QED) is 0.666. The number of carbonyl (C=O) groups excluding carboxylic acids is 1. The summed E-state index contributed by atoms with van der Waals surface area (Å²) in [5.41, 5.74) is 2.00. The Hall–Kier alpha value is -1.64. The van der Waals surface area contributed by atoms with Crippen LogP contribution in [0.3, 0.4) is 0 Å². The number of aryl methyl sites for hydroxylation is 1. The molecule has 0 saturated heterocycles. The van der Waals surface area contributed by atoms with E-state index in [4.69, 9.17) is 0 Å². The van der Waals surface area contributed by atoms with E-state index in [0.29, 0.717) is 22.8 Å². The zero-order valence-electron chi connectivity index (χ0n) is 7.10. The number of hydrogen-bond acceptors (Lipinski definition) is 1. The summed E-state index contributed by atoms with van der Waals surface area (Å²) in [6, 6.07) is 3.06. The fraction of sp³-hybridized carbons (Fsp3) is 0.100. The van der Waals surface area contributed by atoms with E-state index >= 15 is 0 Å². The molecule has 2 aromatic rings. The molecule has 0 bridgehead atoms. The highest BCUT2D eigenvalue weighted by Crippen LogP contribution is 2.23. The molecule has 0 unspecified atom stereocenters. The summed E-state index contributed by atoms with van der Waals surface area (Å²) in [5.74, 6) is -0.357. The lowest BCUT2D eigenvalue weighted by Gasteiger charge is -1.97. The summed E-state index contributed by atoms with van der Waals surface area (Å²) >= 11 is 0. The number of aromatic amines is 1. The van der Waals surface area contributed by atoms with Crippen LogP contribution in [0.25, 0.3) is 10.9 Å². The Bertz CT molecular complexity index is 473. The van der Waals surface area contributed by atoms with Gasteiger partial charge < -0.3 is 4.98 Å². The highest BCUT2D eigenvalue weighted by Gasteiger charge is 2.09. The van der Waals surface area contributed by atoms with Gasteiger partial charge in [-0.1, -0.05) is 6.07 Å². The number of fused-ring (bicyclic) bond motifs is 1. The highest BCUT2D eigenvalue weighted by atomic mass is 19.1. The lowest BCUT2D eigenvalue weighted by molar-refractivity contribution is 0.112. The minimum absolute atomic E-state index is 0.357. The molecule has 1 heterocycles. The molecule has 0 atom stereocenters. The SMILES string of the molecule is Cc1ccc(F)c2c(C=O)c[nH]c12. The second kappa shape index (κ2) is 2.69. The van der Waals surface area contributed by atoms with E-state index in [-0.39, 0.29) is 5.82 Å². The monoisotopic (exact) mass is 177 g/mol. The number of nitrogens with one attached hydrogen (secondary N) is 1. The van der Waals surface area contributed by atoms with Gasteiger partial charge in [0.05, 0.1) is 5.52 Å². The molecule has 3 heteroatoms. The molecule has 2 rings (SSSR count). The summed E-state index contributed by atoms with van der Waals surface area (Å²) < 4.78 is 13.3. The molecule has 0 aliphatic heterocycles. The molecule has 0 radical (unpaired) electrons. The van der Waals surface area contributed by atoms with Gasteiger partial charge in [-0.05, 0) is 18.6 Å². The van der Waals surface area contributed by atoms with Crippen molar-refractivity contribution in [2.75, 3.05) is 0 Å². The number of H-pyrrole nitrogens is 1. The fourth-order valence-corrected chi connectivity index (χ4v) is 1.46.